The van der Waals surface area contributed by atoms with Crippen LogP contribution >= 0.6 is 0 Å². The summed E-state index contributed by atoms with van der Waals surface area (Å²) in [7, 11) is 0. The van der Waals surface area contributed by atoms with Crippen molar-refractivity contribution in [3.8, 4) is 12.3 Å². The van der Waals surface area contributed by atoms with Gasteiger partial charge in [0.2, 0.25) is 0 Å². The van der Waals surface area contributed by atoms with Gasteiger partial charge < -0.3 is 5.32 Å². The summed E-state index contributed by atoms with van der Waals surface area (Å²) in [6, 6.07) is 3.05. The first-order valence-corrected chi connectivity index (χ1v) is 4.94. The molecule has 0 unspecified atom stereocenters. The van der Waals surface area contributed by atoms with Gasteiger partial charge in [-0.25, -0.2) is 4.98 Å². The van der Waals surface area contributed by atoms with Gasteiger partial charge in [0, 0.05) is 19.0 Å². The number of nitro groups is 1. The molecule has 0 saturated carbocycles. The predicted octanol–water partition coefficient (Wildman–Crippen LogP) is 2.12. The van der Waals surface area contributed by atoms with Crippen molar-refractivity contribution >= 4 is 11.5 Å². The van der Waals surface area contributed by atoms with E-state index >= 15 is 0 Å². The number of aryl methyl sites for hydroxylation is 1. The lowest BCUT2D eigenvalue weighted by Crippen LogP contribution is -2.04. The molecule has 0 bridgehead atoms. The monoisotopic (exact) mass is 219 g/mol. The highest BCUT2D eigenvalue weighted by Crippen LogP contribution is 2.17. The van der Waals surface area contributed by atoms with Gasteiger partial charge in [-0.1, -0.05) is 0 Å². The number of terminal acetylenes is 1. The zero-order valence-corrected chi connectivity index (χ0v) is 9.06. The minimum absolute atomic E-state index is 0.0363. The first kappa shape index (κ1) is 12.0. The highest BCUT2D eigenvalue weighted by Gasteiger charge is 2.11. The lowest BCUT2D eigenvalue weighted by atomic mass is 10.3. The van der Waals surface area contributed by atoms with Crippen LogP contribution in [0.2, 0.25) is 0 Å². The van der Waals surface area contributed by atoms with Crippen LogP contribution in [0.15, 0.2) is 12.1 Å². The van der Waals surface area contributed by atoms with Crippen LogP contribution in [-0.2, 0) is 0 Å². The van der Waals surface area contributed by atoms with Crippen molar-refractivity contribution in [2.24, 2.45) is 0 Å². The van der Waals surface area contributed by atoms with E-state index in [2.05, 4.69) is 16.2 Å². The van der Waals surface area contributed by atoms with Crippen LogP contribution < -0.4 is 5.32 Å². The Balaban J connectivity index is 2.60. The van der Waals surface area contributed by atoms with E-state index in [1.54, 1.807) is 13.0 Å². The largest absolute Gasteiger partial charge is 0.370 e. The van der Waals surface area contributed by atoms with E-state index in [0.717, 1.165) is 6.42 Å². The molecule has 0 fully saturated rings. The summed E-state index contributed by atoms with van der Waals surface area (Å²) in [5.41, 5.74) is 0.445. The maximum atomic E-state index is 10.6. The van der Waals surface area contributed by atoms with E-state index in [1.807, 2.05) is 0 Å². The SMILES string of the molecule is C#CCCCNc1ccc([N+](=O)[O-])c(C)n1. The Labute approximate surface area is 94.0 Å². The molecule has 1 rings (SSSR count). The third kappa shape index (κ3) is 3.24. The molecule has 0 aliphatic carbocycles. The average molecular weight is 219 g/mol. The summed E-state index contributed by atoms with van der Waals surface area (Å²) < 4.78 is 0. The number of anilines is 1. The van der Waals surface area contributed by atoms with E-state index in [0.29, 0.717) is 24.5 Å². The molecule has 0 amide bonds. The lowest BCUT2D eigenvalue weighted by molar-refractivity contribution is -0.385. The van der Waals surface area contributed by atoms with Crippen LogP contribution in [0.1, 0.15) is 18.5 Å². The summed E-state index contributed by atoms with van der Waals surface area (Å²) in [4.78, 5) is 14.2. The van der Waals surface area contributed by atoms with E-state index in [9.17, 15) is 10.1 Å². The van der Waals surface area contributed by atoms with Gasteiger partial charge in [0.05, 0.1) is 4.92 Å². The van der Waals surface area contributed by atoms with Gasteiger partial charge in [-0.05, 0) is 19.4 Å². The summed E-state index contributed by atoms with van der Waals surface area (Å²) in [5.74, 6) is 3.18. The van der Waals surface area contributed by atoms with Crippen LogP contribution in [0.5, 0.6) is 0 Å². The molecular weight excluding hydrogens is 206 g/mol. The van der Waals surface area contributed by atoms with Crippen molar-refractivity contribution in [1.82, 2.24) is 4.98 Å². The second-order valence-electron chi connectivity index (χ2n) is 3.29. The molecular formula is C11H13N3O2. The fraction of sp³-hybridized carbons (Fsp3) is 0.364. The molecule has 0 aliphatic rings. The van der Waals surface area contributed by atoms with Crippen molar-refractivity contribution in [3.05, 3.63) is 27.9 Å². The standard InChI is InChI=1S/C11H13N3O2/c1-3-4-5-8-12-11-7-6-10(14(15)16)9(2)13-11/h1,6-7H,4-5,8H2,2H3,(H,12,13). The van der Waals surface area contributed by atoms with Crippen LogP contribution in [0.3, 0.4) is 0 Å². The summed E-state index contributed by atoms with van der Waals surface area (Å²) in [5, 5.41) is 13.6. The first-order chi connectivity index (χ1) is 7.65. The fourth-order valence-electron chi connectivity index (χ4n) is 1.25. The van der Waals surface area contributed by atoms with Crippen molar-refractivity contribution in [2.75, 3.05) is 11.9 Å². The average Bonchev–Trinajstić information content (AvgIpc) is 2.24. The molecule has 5 nitrogen and oxygen atoms in total. The number of unbranched alkanes of at least 4 members (excludes halogenated alkanes) is 1. The van der Waals surface area contributed by atoms with Gasteiger partial charge in [-0.3, -0.25) is 10.1 Å². The topological polar surface area (TPSA) is 68.1 Å². The molecule has 1 heterocycles. The number of pyridine rings is 1. The normalized spacial score (nSPS) is 9.50. The fourth-order valence-corrected chi connectivity index (χ4v) is 1.25. The first-order valence-electron chi connectivity index (χ1n) is 4.94. The molecule has 16 heavy (non-hydrogen) atoms. The second kappa shape index (κ2) is 5.71. The molecule has 1 aromatic rings. The van der Waals surface area contributed by atoms with Gasteiger partial charge >= 0.3 is 0 Å². The number of aromatic nitrogens is 1. The summed E-state index contributed by atoms with van der Waals surface area (Å²) in [6.07, 6.45) is 6.68. The van der Waals surface area contributed by atoms with Crippen molar-refractivity contribution in [3.63, 3.8) is 0 Å². The second-order valence-corrected chi connectivity index (χ2v) is 3.29. The smallest absolute Gasteiger partial charge is 0.290 e. The highest BCUT2D eigenvalue weighted by atomic mass is 16.6. The summed E-state index contributed by atoms with van der Waals surface area (Å²) >= 11 is 0. The Morgan fingerprint density at radius 3 is 2.94 bits per heavy atom. The van der Waals surface area contributed by atoms with E-state index in [1.165, 1.54) is 6.07 Å². The molecule has 5 heteroatoms. The molecule has 0 spiro atoms. The lowest BCUT2D eigenvalue weighted by Gasteiger charge is -2.04. The van der Waals surface area contributed by atoms with E-state index in [4.69, 9.17) is 6.42 Å². The molecule has 1 N–H and O–H groups in total. The summed E-state index contributed by atoms with van der Waals surface area (Å²) in [6.45, 7) is 2.33. The van der Waals surface area contributed by atoms with Crippen molar-refractivity contribution in [2.45, 2.75) is 19.8 Å². The molecule has 0 radical (unpaired) electrons. The van der Waals surface area contributed by atoms with Gasteiger partial charge in [-0.2, -0.15) is 0 Å². The third-order valence-corrected chi connectivity index (χ3v) is 2.06. The van der Waals surface area contributed by atoms with Gasteiger partial charge in [0.25, 0.3) is 5.69 Å². The van der Waals surface area contributed by atoms with Crippen LogP contribution in [0.25, 0.3) is 0 Å². The third-order valence-electron chi connectivity index (χ3n) is 2.06. The number of nitrogens with zero attached hydrogens (tertiary/aromatic N) is 2. The van der Waals surface area contributed by atoms with Crippen LogP contribution in [0.4, 0.5) is 11.5 Å². The molecule has 84 valence electrons. The maximum absolute atomic E-state index is 10.6. The van der Waals surface area contributed by atoms with E-state index < -0.39 is 4.92 Å². The molecule has 0 aromatic carbocycles. The molecule has 0 saturated heterocycles. The van der Waals surface area contributed by atoms with Crippen molar-refractivity contribution in [1.29, 1.82) is 0 Å². The Bertz CT molecular complexity index is 424. The van der Waals surface area contributed by atoms with Gasteiger partial charge in [0.1, 0.15) is 11.5 Å². The zero-order chi connectivity index (χ0) is 12.0. The molecule has 0 aliphatic heterocycles. The highest BCUT2D eigenvalue weighted by molar-refractivity contribution is 5.44. The quantitative estimate of drug-likeness (QED) is 0.356. The van der Waals surface area contributed by atoms with Gasteiger partial charge in [0.15, 0.2) is 0 Å². The Kier molecular flexibility index (Phi) is 4.28. The number of nitrogens with one attached hydrogen (secondary N) is 1. The molecule has 1 aromatic heterocycles. The van der Waals surface area contributed by atoms with Crippen molar-refractivity contribution < 1.29 is 4.92 Å². The minimum Gasteiger partial charge on any atom is -0.370 e. The van der Waals surface area contributed by atoms with Crippen LogP contribution in [0, 0.1) is 29.4 Å². The Morgan fingerprint density at radius 1 is 1.62 bits per heavy atom. The van der Waals surface area contributed by atoms with Gasteiger partial charge in [-0.15, -0.1) is 12.3 Å². The zero-order valence-electron chi connectivity index (χ0n) is 9.06. The van der Waals surface area contributed by atoms with E-state index in [-0.39, 0.29) is 5.69 Å². The number of rotatable bonds is 5. The minimum atomic E-state index is -0.440. The Hall–Kier alpha value is -2.09. The molecule has 0 atom stereocenters. The number of hydrogen-bond donors (Lipinski definition) is 1. The number of hydrogen-bond acceptors (Lipinski definition) is 4. The van der Waals surface area contributed by atoms with Crippen LogP contribution in [-0.4, -0.2) is 16.5 Å². The maximum Gasteiger partial charge on any atom is 0.290 e. The Morgan fingerprint density at radius 2 is 2.38 bits per heavy atom. The predicted molar refractivity (Wildman–Crippen MR) is 62.2 cm³/mol.